The maximum absolute atomic E-state index is 10.8. The Kier molecular flexibility index (Phi) is 3.78. The minimum atomic E-state index is -0.558. The number of nitrogens with zero attached hydrogens (tertiary/aromatic N) is 2. The van der Waals surface area contributed by atoms with Crippen molar-refractivity contribution in [3.05, 3.63) is 33.9 Å². The molecule has 0 bridgehead atoms. The van der Waals surface area contributed by atoms with E-state index in [-0.39, 0.29) is 11.3 Å². The van der Waals surface area contributed by atoms with E-state index in [1.165, 1.54) is 31.4 Å². The summed E-state index contributed by atoms with van der Waals surface area (Å²) in [6.07, 6.45) is 4.81. The number of rotatable bonds is 5. The van der Waals surface area contributed by atoms with Gasteiger partial charge >= 0.3 is 0 Å². The molecule has 5 nitrogen and oxygen atoms in total. The highest BCUT2D eigenvalue weighted by molar-refractivity contribution is 5.52. The largest absolute Gasteiger partial charge is 0.493 e. The number of nitro groups is 1. The topological polar surface area (TPSA) is 76.2 Å². The van der Waals surface area contributed by atoms with Gasteiger partial charge in [0.05, 0.1) is 17.6 Å². The third-order valence-corrected chi connectivity index (χ3v) is 3.31. The fourth-order valence-electron chi connectivity index (χ4n) is 1.97. The fourth-order valence-corrected chi connectivity index (χ4v) is 1.97. The zero-order chi connectivity index (χ0) is 13.0. The van der Waals surface area contributed by atoms with Gasteiger partial charge in [-0.3, -0.25) is 10.1 Å². The number of hydrogen-bond donors (Lipinski definition) is 0. The predicted octanol–water partition coefficient (Wildman–Crippen LogP) is 3.04. The van der Waals surface area contributed by atoms with Gasteiger partial charge in [-0.15, -0.1) is 0 Å². The molecule has 0 unspecified atom stereocenters. The lowest BCUT2D eigenvalue weighted by atomic mass is 9.83. The average Bonchev–Trinajstić information content (AvgIpc) is 2.32. The highest BCUT2D eigenvalue weighted by atomic mass is 16.6. The molecule has 1 aromatic rings. The summed E-state index contributed by atoms with van der Waals surface area (Å²) in [5.74, 6) is 1.21. The standard InChI is InChI=1S/C13H14N2O3/c14-9-11-4-5-12(8-13(11)15(16)17)18-7-6-10-2-1-3-10/h4-5,8,10H,1-3,6-7H2. The number of nitro benzene ring substituents is 1. The van der Waals surface area contributed by atoms with Crippen LogP contribution in [0, 0.1) is 27.4 Å². The molecule has 0 atom stereocenters. The van der Waals surface area contributed by atoms with Gasteiger partial charge in [-0.1, -0.05) is 19.3 Å². The minimum Gasteiger partial charge on any atom is -0.493 e. The summed E-state index contributed by atoms with van der Waals surface area (Å²) in [6.45, 7) is 0.577. The van der Waals surface area contributed by atoms with E-state index < -0.39 is 4.92 Å². The molecule has 5 heteroatoms. The summed E-state index contributed by atoms with van der Waals surface area (Å²) in [7, 11) is 0. The SMILES string of the molecule is N#Cc1ccc(OCCC2CCC2)cc1[N+](=O)[O-]. The number of benzene rings is 1. The van der Waals surface area contributed by atoms with Gasteiger partial charge in [0.15, 0.2) is 0 Å². The summed E-state index contributed by atoms with van der Waals surface area (Å²) in [6, 6.07) is 6.15. The third-order valence-electron chi connectivity index (χ3n) is 3.31. The molecular formula is C13H14N2O3. The summed E-state index contributed by atoms with van der Waals surface area (Å²) >= 11 is 0. The molecule has 0 N–H and O–H groups in total. The van der Waals surface area contributed by atoms with Crippen molar-refractivity contribution in [1.29, 1.82) is 5.26 Å². The normalized spacial score (nSPS) is 14.6. The van der Waals surface area contributed by atoms with Crippen molar-refractivity contribution in [3.63, 3.8) is 0 Å². The molecule has 1 saturated carbocycles. The van der Waals surface area contributed by atoms with Gasteiger partial charge in [0, 0.05) is 0 Å². The Morgan fingerprint density at radius 3 is 2.83 bits per heavy atom. The summed E-state index contributed by atoms with van der Waals surface area (Å²) in [5.41, 5.74) is -0.134. The Balaban J connectivity index is 1.98. The first-order valence-corrected chi connectivity index (χ1v) is 6.02. The zero-order valence-electron chi connectivity index (χ0n) is 9.96. The number of hydrogen-bond acceptors (Lipinski definition) is 4. The van der Waals surface area contributed by atoms with Crippen molar-refractivity contribution < 1.29 is 9.66 Å². The molecule has 0 saturated heterocycles. The van der Waals surface area contributed by atoms with Crippen LogP contribution in [0.4, 0.5) is 5.69 Å². The molecule has 1 fully saturated rings. The maximum atomic E-state index is 10.8. The van der Waals surface area contributed by atoms with Crippen LogP contribution in [0.25, 0.3) is 0 Å². The smallest absolute Gasteiger partial charge is 0.290 e. The first-order chi connectivity index (χ1) is 8.70. The molecule has 1 aliphatic carbocycles. The van der Waals surface area contributed by atoms with Crippen LogP contribution in [0.3, 0.4) is 0 Å². The van der Waals surface area contributed by atoms with E-state index in [1.807, 2.05) is 0 Å². The molecule has 0 heterocycles. The Bertz CT molecular complexity index is 489. The first kappa shape index (κ1) is 12.4. The molecular weight excluding hydrogens is 232 g/mol. The van der Waals surface area contributed by atoms with Crippen LogP contribution in [0.15, 0.2) is 18.2 Å². The zero-order valence-corrected chi connectivity index (χ0v) is 9.96. The van der Waals surface area contributed by atoms with Gasteiger partial charge in [-0.2, -0.15) is 5.26 Å². The van der Waals surface area contributed by atoms with Crippen LogP contribution in [-0.4, -0.2) is 11.5 Å². The highest BCUT2D eigenvalue weighted by Gasteiger charge is 2.18. The monoisotopic (exact) mass is 246 g/mol. The van der Waals surface area contributed by atoms with E-state index in [0.717, 1.165) is 12.3 Å². The number of nitriles is 1. The van der Waals surface area contributed by atoms with Crippen LogP contribution in [0.2, 0.25) is 0 Å². The Morgan fingerprint density at radius 1 is 1.50 bits per heavy atom. The Hall–Kier alpha value is -2.09. The van der Waals surface area contributed by atoms with Crippen molar-refractivity contribution in [3.8, 4) is 11.8 Å². The van der Waals surface area contributed by atoms with Crippen molar-refractivity contribution in [1.82, 2.24) is 0 Å². The summed E-state index contributed by atoms with van der Waals surface area (Å²) in [5, 5.41) is 19.5. The molecule has 1 aromatic carbocycles. The van der Waals surface area contributed by atoms with E-state index in [0.29, 0.717) is 12.4 Å². The lowest BCUT2D eigenvalue weighted by Crippen LogP contribution is -2.14. The van der Waals surface area contributed by atoms with Crippen LogP contribution >= 0.6 is 0 Å². The molecule has 0 amide bonds. The van der Waals surface area contributed by atoms with Crippen LogP contribution in [0.5, 0.6) is 5.75 Å². The van der Waals surface area contributed by atoms with Crippen molar-refractivity contribution >= 4 is 5.69 Å². The summed E-state index contributed by atoms with van der Waals surface area (Å²) in [4.78, 5) is 10.2. The molecule has 0 spiro atoms. The molecule has 0 radical (unpaired) electrons. The quantitative estimate of drug-likeness (QED) is 0.591. The average molecular weight is 246 g/mol. The lowest BCUT2D eigenvalue weighted by Gasteiger charge is -2.24. The molecule has 94 valence electrons. The van der Waals surface area contributed by atoms with E-state index in [9.17, 15) is 10.1 Å². The first-order valence-electron chi connectivity index (χ1n) is 6.02. The maximum Gasteiger partial charge on any atom is 0.290 e. The molecule has 0 aliphatic heterocycles. The second kappa shape index (κ2) is 5.50. The second-order valence-electron chi connectivity index (χ2n) is 4.48. The molecule has 18 heavy (non-hydrogen) atoms. The number of ether oxygens (including phenoxy) is 1. The van der Waals surface area contributed by atoms with E-state index in [2.05, 4.69) is 0 Å². The minimum absolute atomic E-state index is 0.0614. The van der Waals surface area contributed by atoms with Gasteiger partial charge in [0.25, 0.3) is 5.69 Å². The second-order valence-corrected chi connectivity index (χ2v) is 4.48. The van der Waals surface area contributed by atoms with Crippen molar-refractivity contribution in [2.45, 2.75) is 25.7 Å². The van der Waals surface area contributed by atoms with Crippen LogP contribution in [-0.2, 0) is 0 Å². The summed E-state index contributed by atoms with van der Waals surface area (Å²) < 4.78 is 5.49. The fraction of sp³-hybridized carbons (Fsp3) is 0.462. The van der Waals surface area contributed by atoms with Crippen LogP contribution in [0.1, 0.15) is 31.2 Å². The van der Waals surface area contributed by atoms with E-state index >= 15 is 0 Å². The van der Waals surface area contributed by atoms with Gasteiger partial charge in [-0.05, 0) is 24.5 Å². The predicted molar refractivity (Wildman–Crippen MR) is 65.3 cm³/mol. The molecule has 1 aliphatic rings. The van der Waals surface area contributed by atoms with Crippen molar-refractivity contribution in [2.75, 3.05) is 6.61 Å². The van der Waals surface area contributed by atoms with Gasteiger partial charge in [-0.25, -0.2) is 0 Å². The van der Waals surface area contributed by atoms with Gasteiger partial charge in [0.1, 0.15) is 17.4 Å². The highest BCUT2D eigenvalue weighted by Crippen LogP contribution is 2.30. The lowest BCUT2D eigenvalue weighted by molar-refractivity contribution is -0.385. The van der Waals surface area contributed by atoms with E-state index in [4.69, 9.17) is 10.00 Å². The Morgan fingerprint density at radius 2 is 2.28 bits per heavy atom. The third kappa shape index (κ3) is 2.77. The van der Waals surface area contributed by atoms with Crippen LogP contribution < -0.4 is 4.74 Å². The van der Waals surface area contributed by atoms with Gasteiger partial charge < -0.3 is 4.74 Å². The van der Waals surface area contributed by atoms with Crippen molar-refractivity contribution in [2.24, 2.45) is 5.92 Å². The van der Waals surface area contributed by atoms with Gasteiger partial charge in [0.2, 0.25) is 0 Å². The molecule has 2 rings (SSSR count). The molecule has 0 aromatic heterocycles. The Labute approximate surface area is 105 Å². The van der Waals surface area contributed by atoms with E-state index in [1.54, 1.807) is 12.1 Å².